The fourth-order valence-electron chi connectivity index (χ4n) is 7.32. The van der Waals surface area contributed by atoms with Crippen LogP contribution in [0.4, 0.5) is 0 Å². The van der Waals surface area contributed by atoms with Crippen molar-refractivity contribution in [3.63, 3.8) is 0 Å². The molecule has 0 aliphatic carbocycles. The van der Waals surface area contributed by atoms with Crippen molar-refractivity contribution >= 4 is 32.8 Å². The maximum absolute atomic E-state index is 6.88. The molecular formula is C49H31N3O. The quantitative estimate of drug-likeness (QED) is 0.176. The molecule has 0 N–H and O–H groups in total. The maximum Gasteiger partial charge on any atom is 0.160 e. The molecule has 0 amide bonds. The second kappa shape index (κ2) is 12.9. The van der Waals surface area contributed by atoms with Crippen LogP contribution >= 0.6 is 0 Å². The van der Waals surface area contributed by atoms with Crippen LogP contribution in [0.3, 0.4) is 0 Å². The molecule has 10 rings (SSSR count). The minimum absolute atomic E-state index is 0.675. The minimum Gasteiger partial charge on any atom is -0.455 e. The van der Waals surface area contributed by atoms with Gasteiger partial charge in [-0.2, -0.15) is 0 Å². The zero-order valence-corrected chi connectivity index (χ0v) is 28.6. The molecule has 10 aromatic rings. The first-order valence-electron chi connectivity index (χ1n) is 17.8. The minimum atomic E-state index is 0.675. The van der Waals surface area contributed by atoms with E-state index < -0.39 is 0 Å². The van der Waals surface area contributed by atoms with Gasteiger partial charge in [-0.05, 0) is 34.9 Å². The van der Waals surface area contributed by atoms with Crippen LogP contribution < -0.4 is 0 Å². The number of rotatable bonds is 6. The fourth-order valence-corrected chi connectivity index (χ4v) is 7.32. The van der Waals surface area contributed by atoms with Gasteiger partial charge in [0.05, 0.1) is 27.8 Å². The van der Waals surface area contributed by atoms with Gasteiger partial charge in [-0.25, -0.2) is 15.0 Å². The molecule has 0 unspecified atom stereocenters. The van der Waals surface area contributed by atoms with E-state index in [1.165, 1.54) is 11.1 Å². The van der Waals surface area contributed by atoms with Gasteiger partial charge in [0.25, 0.3) is 0 Å². The molecule has 53 heavy (non-hydrogen) atoms. The number of fused-ring (bicyclic) bond motifs is 4. The van der Waals surface area contributed by atoms with Crippen molar-refractivity contribution in [2.45, 2.75) is 0 Å². The Morgan fingerprint density at radius 2 is 0.792 bits per heavy atom. The summed E-state index contributed by atoms with van der Waals surface area (Å²) >= 11 is 0. The lowest BCUT2D eigenvalue weighted by Gasteiger charge is -2.11. The first-order chi connectivity index (χ1) is 26.3. The van der Waals surface area contributed by atoms with Crippen LogP contribution in [0.5, 0.6) is 0 Å². The zero-order valence-electron chi connectivity index (χ0n) is 28.6. The van der Waals surface area contributed by atoms with Gasteiger partial charge in [0.15, 0.2) is 5.82 Å². The highest BCUT2D eigenvalue weighted by molar-refractivity contribution is 6.16. The topological polar surface area (TPSA) is 51.8 Å². The van der Waals surface area contributed by atoms with Crippen molar-refractivity contribution in [2.24, 2.45) is 0 Å². The second-order valence-electron chi connectivity index (χ2n) is 13.2. The van der Waals surface area contributed by atoms with E-state index in [9.17, 15) is 0 Å². The molecule has 7 aromatic carbocycles. The predicted octanol–water partition coefficient (Wildman–Crippen LogP) is 12.9. The highest BCUT2D eigenvalue weighted by Crippen LogP contribution is 2.46. The third-order valence-electron chi connectivity index (χ3n) is 9.91. The van der Waals surface area contributed by atoms with Crippen LogP contribution in [0.2, 0.25) is 0 Å². The maximum atomic E-state index is 6.88. The monoisotopic (exact) mass is 677 g/mol. The number of hydrogen-bond donors (Lipinski definition) is 0. The summed E-state index contributed by atoms with van der Waals surface area (Å²) < 4.78 is 6.88. The predicted molar refractivity (Wildman–Crippen MR) is 217 cm³/mol. The number of benzene rings is 7. The van der Waals surface area contributed by atoms with Crippen molar-refractivity contribution < 1.29 is 4.42 Å². The van der Waals surface area contributed by atoms with Crippen molar-refractivity contribution in [3.8, 4) is 67.5 Å². The molecule has 0 aliphatic heterocycles. The number of furan rings is 1. The number of para-hydroxylation sites is 2. The largest absolute Gasteiger partial charge is 0.455 e. The molecule has 0 aliphatic rings. The SMILES string of the molecule is c1ccc(-c2ccc(-c3nc(-c4ccc(-c5nc6ccccc6c6oc(-c7ccccc7)c(-c7ccccc7)c56)cc4)nc4ccccc34)cc2)cc1. The Bertz CT molecular complexity index is 2900. The summed E-state index contributed by atoms with van der Waals surface area (Å²) in [4.78, 5) is 15.5. The van der Waals surface area contributed by atoms with Crippen molar-refractivity contribution in [3.05, 3.63) is 188 Å². The van der Waals surface area contributed by atoms with Gasteiger partial charge < -0.3 is 4.42 Å². The smallest absolute Gasteiger partial charge is 0.160 e. The van der Waals surface area contributed by atoms with Gasteiger partial charge >= 0.3 is 0 Å². The second-order valence-corrected chi connectivity index (χ2v) is 13.2. The zero-order chi connectivity index (χ0) is 35.1. The molecule has 0 saturated heterocycles. The van der Waals surface area contributed by atoms with E-state index in [1.807, 2.05) is 54.6 Å². The lowest BCUT2D eigenvalue weighted by molar-refractivity contribution is 0.636. The van der Waals surface area contributed by atoms with E-state index >= 15 is 0 Å². The fraction of sp³-hybridized carbons (Fsp3) is 0. The summed E-state index contributed by atoms with van der Waals surface area (Å²) in [5, 5.41) is 2.99. The molecule has 3 heterocycles. The van der Waals surface area contributed by atoms with Crippen LogP contribution in [0.1, 0.15) is 0 Å². The van der Waals surface area contributed by atoms with Crippen LogP contribution in [0.25, 0.3) is 100 Å². The molecule has 4 heteroatoms. The first-order valence-corrected chi connectivity index (χ1v) is 17.8. The Kier molecular flexibility index (Phi) is 7.43. The van der Waals surface area contributed by atoms with Crippen LogP contribution in [0.15, 0.2) is 192 Å². The molecule has 0 spiro atoms. The molecule has 0 saturated carbocycles. The van der Waals surface area contributed by atoms with Gasteiger partial charge in [0, 0.05) is 38.6 Å². The standard InChI is InChI=1S/C49H31N3O/c1-4-14-32(15-5-1)33-24-26-35(27-25-33)45-39-20-10-12-22-41(39)51-49(52-45)38-30-28-36(29-31-38)46-44-43(34-16-6-2-7-17-34)47(37-18-8-3-9-19-37)53-48(44)40-21-11-13-23-42(40)50-46/h1-31H. The Labute approximate surface area is 306 Å². The van der Waals surface area contributed by atoms with E-state index in [4.69, 9.17) is 19.4 Å². The van der Waals surface area contributed by atoms with Gasteiger partial charge in [0.2, 0.25) is 0 Å². The highest BCUT2D eigenvalue weighted by atomic mass is 16.3. The van der Waals surface area contributed by atoms with Crippen LogP contribution in [-0.2, 0) is 0 Å². The molecular weight excluding hydrogens is 647 g/mol. The lowest BCUT2D eigenvalue weighted by atomic mass is 9.94. The number of hydrogen-bond acceptors (Lipinski definition) is 4. The summed E-state index contributed by atoms with van der Waals surface area (Å²) in [6.45, 7) is 0. The Morgan fingerprint density at radius 3 is 1.45 bits per heavy atom. The molecule has 0 radical (unpaired) electrons. The summed E-state index contributed by atoms with van der Waals surface area (Å²) in [5.41, 5.74) is 12.8. The van der Waals surface area contributed by atoms with Crippen molar-refractivity contribution in [1.29, 1.82) is 0 Å². The van der Waals surface area contributed by atoms with Gasteiger partial charge in [-0.1, -0.05) is 170 Å². The average molecular weight is 678 g/mol. The Morgan fingerprint density at radius 1 is 0.321 bits per heavy atom. The summed E-state index contributed by atoms with van der Waals surface area (Å²) in [6.07, 6.45) is 0. The summed E-state index contributed by atoms with van der Waals surface area (Å²) in [7, 11) is 0. The van der Waals surface area contributed by atoms with E-state index in [2.05, 4.69) is 133 Å². The Balaban J connectivity index is 1.12. The third kappa shape index (κ3) is 5.45. The van der Waals surface area contributed by atoms with E-state index in [1.54, 1.807) is 0 Å². The van der Waals surface area contributed by atoms with E-state index in [0.29, 0.717) is 5.82 Å². The summed E-state index contributed by atoms with van der Waals surface area (Å²) in [6, 6.07) is 64.8. The van der Waals surface area contributed by atoms with Crippen LogP contribution in [0, 0.1) is 0 Å². The van der Waals surface area contributed by atoms with Gasteiger partial charge in [-0.3, -0.25) is 0 Å². The Hall–Kier alpha value is -7.17. The highest BCUT2D eigenvalue weighted by Gasteiger charge is 2.24. The molecule has 0 bridgehead atoms. The van der Waals surface area contributed by atoms with E-state index in [0.717, 1.165) is 83.3 Å². The number of aromatic nitrogens is 3. The first kappa shape index (κ1) is 30.6. The molecule has 4 nitrogen and oxygen atoms in total. The van der Waals surface area contributed by atoms with Crippen LogP contribution in [-0.4, -0.2) is 15.0 Å². The summed E-state index contributed by atoms with van der Waals surface area (Å²) in [5.74, 6) is 1.50. The lowest BCUT2D eigenvalue weighted by Crippen LogP contribution is -1.95. The van der Waals surface area contributed by atoms with E-state index in [-0.39, 0.29) is 0 Å². The van der Waals surface area contributed by atoms with Gasteiger partial charge in [-0.15, -0.1) is 0 Å². The molecule has 3 aromatic heterocycles. The number of pyridine rings is 1. The third-order valence-corrected chi connectivity index (χ3v) is 9.91. The average Bonchev–Trinajstić information content (AvgIpc) is 3.65. The molecule has 0 fully saturated rings. The molecule has 0 atom stereocenters. The van der Waals surface area contributed by atoms with Crippen molar-refractivity contribution in [1.82, 2.24) is 15.0 Å². The molecule has 248 valence electrons. The van der Waals surface area contributed by atoms with Gasteiger partial charge in [0.1, 0.15) is 11.3 Å². The number of nitrogens with zero attached hydrogens (tertiary/aromatic N) is 3. The normalized spacial score (nSPS) is 11.4. The van der Waals surface area contributed by atoms with Crippen molar-refractivity contribution in [2.75, 3.05) is 0 Å².